The molecule has 0 aliphatic rings. The summed E-state index contributed by atoms with van der Waals surface area (Å²) < 4.78 is 26.9. The van der Waals surface area contributed by atoms with Gasteiger partial charge in [0.2, 0.25) is 0 Å². The van der Waals surface area contributed by atoms with E-state index >= 15 is 0 Å². The molecule has 28 heavy (non-hydrogen) atoms. The number of rotatable bonds is 5. The number of carbonyl (C=O) groups is 1. The Morgan fingerprint density at radius 1 is 0.964 bits per heavy atom. The molecule has 7 heteroatoms. The summed E-state index contributed by atoms with van der Waals surface area (Å²) in [6.07, 6.45) is 0. The van der Waals surface area contributed by atoms with E-state index < -0.39 is 15.8 Å². The maximum Gasteiger partial charge on any atom is 0.346 e. The number of sulfone groups is 1. The Bertz CT molecular complexity index is 1260. The number of carboxylic acids is 1. The molecule has 4 aromatic rings. The number of carboxylic acid groups (broad SMARTS) is 1. The lowest BCUT2D eigenvalue weighted by Crippen LogP contribution is -2.08. The molecule has 0 radical (unpaired) electrons. The third-order valence-electron chi connectivity index (χ3n) is 4.45. The zero-order valence-electron chi connectivity index (χ0n) is 14.9. The number of hydrogen-bond acceptors (Lipinski definition) is 5. The van der Waals surface area contributed by atoms with E-state index in [2.05, 4.69) is 0 Å². The van der Waals surface area contributed by atoms with Crippen LogP contribution in [0.1, 0.15) is 20.8 Å². The first-order chi connectivity index (χ1) is 13.3. The molecule has 2 heterocycles. The van der Waals surface area contributed by atoms with Crippen molar-refractivity contribution < 1.29 is 18.3 Å². The molecule has 4 rings (SSSR count). The molecule has 0 saturated heterocycles. The average Bonchev–Trinajstić information content (AvgIpc) is 3.25. The van der Waals surface area contributed by atoms with Crippen molar-refractivity contribution in [2.24, 2.45) is 0 Å². The van der Waals surface area contributed by atoms with Gasteiger partial charge in [0.15, 0.2) is 9.84 Å². The Morgan fingerprint density at radius 3 is 2.36 bits per heavy atom. The van der Waals surface area contributed by atoms with Gasteiger partial charge in [-0.2, -0.15) is 0 Å². The largest absolute Gasteiger partial charge is 0.477 e. The smallest absolute Gasteiger partial charge is 0.346 e. The number of benzene rings is 2. The van der Waals surface area contributed by atoms with Crippen LogP contribution >= 0.6 is 22.7 Å². The van der Waals surface area contributed by atoms with Gasteiger partial charge < -0.3 is 5.11 Å². The second-order valence-corrected chi connectivity index (χ2v) is 10.5. The normalized spacial score (nSPS) is 11.8. The summed E-state index contributed by atoms with van der Waals surface area (Å²) >= 11 is 2.69. The van der Waals surface area contributed by atoms with Crippen LogP contribution in [0.25, 0.3) is 19.8 Å². The van der Waals surface area contributed by atoms with Crippen molar-refractivity contribution >= 4 is 48.6 Å². The minimum absolute atomic E-state index is 0.0737. The Balaban J connectivity index is 1.77. The van der Waals surface area contributed by atoms with E-state index in [0.29, 0.717) is 11.1 Å². The van der Waals surface area contributed by atoms with Gasteiger partial charge in [0.25, 0.3) is 0 Å². The highest BCUT2D eigenvalue weighted by Gasteiger charge is 2.24. The molecule has 0 aliphatic carbocycles. The maximum atomic E-state index is 12.9. The quantitative estimate of drug-likeness (QED) is 0.448. The predicted molar refractivity (Wildman–Crippen MR) is 114 cm³/mol. The summed E-state index contributed by atoms with van der Waals surface area (Å²) in [6.45, 7) is 1.74. The standard InChI is InChI=1S/C21H16O4S3/c1-13-6-2-5-9-19(13)28(24,25)12-15-11-18(27-20(15)21(22)23)17-10-14-7-3-4-8-16(14)26-17/h2-11H,12H2,1H3,(H,22,23). The Morgan fingerprint density at radius 2 is 1.64 bits per heavy atom. The molecule has 0 bridgehead atoms. The van der Waals surface area contributed by atoms with Gasteiger partial charge in [-0.25, -0.2) is 13.2 Å². The first-order valence-corrected chi connectivity index (χ1v) is 11.8. The van der Waals surface area contributed by atoms with Gasteiger partial charge in [0, 0.05) is 14.5 Å². The molecule has 142 valence electrons. The van der Waals surface area contributed by atoms with E-state index in [1.807, 2.05) is 30.3 Å². The molecular weight excluding hydrogens is 412 g/mol. The van der Waals surface area contributed by atoms with Crippen LogP contribution in [0.3, 0.4) is 0 Å². The highest BCUT2D eigenvalue weighted by atomic mass is 32.2. The summed E-state index contributed by atoms with van der Waals surface area (Å²) in [6, 6.07) is 18.4. The van der Waals surface area contributed by atoms with Crippen LogP contribution in [0.4, 0.5) is 0 Å². The van der Waals surface area contributed by atoms with Gasteiger partial charge >= 0.3 is 5.97 Å². The second kappa shape index (κ2) is 7.16. The minimum atomic E-state index is -3.65. The zero-order chi connectivity index (χ0) is 19.9. The molecule has 0 atom stereocenters. The van der Waals surface area contributed by atoms with Crippen LogP contribution < -0.4 is 0 Å². The SMILES string of the molecule is Cc1ccccc1S(=O)(=O)Cc1cc(-c2cc3ccccc3s2)sc1C(=O)O. The summed E-state index contributed by atoms with van der Waals surface area (Å²) in [5.41, 5.74) is 0.979. The minimum Gasteiger partial charge on any atom is -0.477 e. The Labute approximate surface area is 170 Å². The van der Waals surface area contributed by atoms with Crippen LogP contribution in [0.5, 0.6) is 0 Å². The molecule has 1 N–H and O–H groups in total. The predicted octanol–water partition coefficient (Wildman–Crippen LogP) is 5.61. The summed E-state index contributed by atoms with van der Waals surface area (Å²) in [5.74, 6) is -1.44. The fourth-order valence-corrected chi connectivity index (χ4v) is 7.01. The van der Waals surface area contributed by atoms with Crippen molar-refractivity contribution in [2.45, 2.75) is 17.6 Å². The third-order valence-corrected chi connectivity index (χ3v) is 8.74. The number of aryl methyl sites for hydroxylation is 1. The van der Waals surface area contributed by atoms with E-state index in [1.165, 1.54) is 0 Å². The van der Waals surface area contributed by atoms with Crippen molar-refractivity contribution in [3.63, 3.8) is 0 Å². The average molecular weight is 429 g/mol. The first kappa shape index (κ1) is 18.9. The Hall–Kier alpha value is -2.48. The summed E-state index contributed by atoms with van der Waals surface area (Å²) in [5, 5.41) is 10.7. The molecule has 0 amide bonds. The molecular formula is C21H16O4S3. The van der Waals surface area contributed by atoms with Crippen molar-refractivity contribution in [3.05, 3.63) is 76.7 Å². The lowest BCUT2D eigenvalue weighted by Gasteiger charge is -2.07. The molecule has 0 spiro atoms. The van der Waals surface area contributed by atoms with E-state index in [4.69, 9.17) is 0 Å². The number of thiophene rings is 2. The van der Waals surface area contributed by atoms with Gasteiger partial charge in [-0.1, -0.05) is 36.4 Å². The lowest BCUT2D eigenvalue weighted by atomic mass is 10.2. The number of fused-ring (bicyclic) bond motifs is 1. The van der Waals surface area contributed by atoms with Crippen LogP contribution in [0.15, 0.2) is 65.6 Å². The van der Waals surface area contributed by atoms with Crippen LogP contribution in [0, 0.1) is 6.92 Å². The molecule has 2 aromatic carbocycles. The van der Waals surface area contributed by atoms with Crippen molar-refractivity contribution in [3.8, 4) is 9.75 Å². The van der Waals surface area contributed by atoms with E-state index in [1.54, 1.807) is 48.6 Å². The van der Waals surface area contributed by atoms with E-state index in [0.717, 1.165) is 31.2 Å². The molecule has 0 fully saturated rings. The van der Waals surface area contributed by atoms with Crippen LogP contribution in [0.2, 0.25) is 0 Å². The monoisotopic (exact) mass is 428 g/mol. The highest BCUT2D eigenvalue weighted by molar-refractivity contribution is 7.90. The second-order valence-electron chi connectivity index (χ2n) is 6.44. The van der Waals surface area contributed by atoms with Gasteiger partial charge in [0.05, 0.1) is 10.6 Å². The lowest BCUT2D eigenvalue weighted by molar-refractivity contribution is 0.0701. The van der Waals surface area contributed by atoms with Crippen LogP contribution in [-0.2, 0) is 15.6 Å². The summed E-state index contributed by atoms with van der Waals surface area (Å²) in [7, 11) is -3.65. The van der Waals surface area contributed by atoms with E-state index in [-0.39, 0.29) is 15.5 Å². The van der Waals surface area contributed by atoms with Crippen molar-refractivity contribution in [1.82, 2.24) is 0 Å². The summed E-state index contributed by atoms with van der Waals surface area (Å²) in [4.78, 5) is 13.8. The topological polar surface area (TPSA) is 71.4 Å². The first-order valence-electron chi connectivity index (χ1n) is 8.48. The molecule has 4 nitrogen and oxygen atoms in total. The van der Waals surface area contributed by atoms with Gasteiger partial charge in [0.1, 0.15) is 4.88 Å². The van der Waals surface area contributed by atoms with Gasteiger partial charge in [-0.05, 0) is 47.7 Å². The molecule has 0 unspecified atom stereocenters. The Kier molecular flexibility index (Phi) is 4.82. The third kappa shape index (κ3) is 3.48. The fraction of sp³-hybridized carbons (Fsp3) is 0.0952. The highest BCUT2D eigenvalue weighted by Crippen LogP contribution is 2.39. The fourth-order valence-electron chi connectivity index (χ4n) is 3.13. The van der Waals surface area contributed by atoms with Crippen molar-refractivity contribution in [2.75, 3.05) is 0 Å². The van der Waals surface area contributed by atoms with Gasteiger partial charge in [-0.15, -0.1) is 22.7 Å². The van der Waals surface area contributed by atoms with Gasteiger partial charge in [-0.3, -0.25) is 0 Å². The number of aromatic carboxylic acids is 1. The molecule has 0 saturated carbocycles. The molecule has 0 aliphatic heterocycles. The van der Waals surface area contributed by atoms with Crippen molar-refractivity contribution in [1.29, 1.82) is 0 Å². The van der Waals surface area contributed by atoms with Crippen LogP contribution in [-0.4, -0.2) is 19.5 Å². The zero-order valence-corrected chi connectivity index (χ0v) is 17.3. The number of hydrogen-bond donors (Lipinski definition) is 1. The maximum absolute atomic E-state index is 12.9. The molecule has 2 aromatic heterocycles. The van der Waals surface area contributed by atoms with E-state index in [9.17, 15) is 18.3 Å².